The van der Waals surface area contributed by atoms with Gasteiger partial charge in [0.25, 0.3) is 5.56 Å². The predicted octanol–water partition coefficient (Wildman–Crippen LogP) is 0.430. The van der Waals surface area contributed by atoms with Crippen molar-refractivity contribution in [2.24, 2.45) is 0 Å². The maximum atomic E-state index is 11.9. The number of hydrogen-bond acceptors (Lipinski definition) is 5. The maximum Gasteiger partial charge on any atom is 0.342 e. The van der Waals surface area contributed by atoms with Crippen LogP contribution >= 0.6 is 0 Å². The van der Waals surface area contributed by atoms with Crippen molar-refractivity contribution in [3.05, 3.63) is 63.8 Å². The molecule has 0 radical (unpaired) electrons. The number of nitrogens with zero attached hydrogens (tertiary/aromatic N) is 2. The smallest absolute Gasteiger partial charge is 0.342 e. The molecule has 9 heteroatoms. The fraction of sp³-hybridized carbons (Fsp3) is 0.214. The minimum Gasteiger partial charge on any atom is -0.477 e. The van der Waals surface area contributed by atoms with Crippen LogP contribution in [0.15, 0.2) is 41.3 Å². The number of H-pyrrole nitrogens is 1. The Morgan fingerprint density at radius 1 is 1.26 bits per heavy atom. The summed E-state index contributed by atoms with van der Waals surface area (Å²) in [5, 5.41) is 8.80. The molecule has 0 saturated heterocycles. The van der Waals surface area contributed by atoms with Gasteiger partial charge >= 0.3 is 5.97 Å². The summed E-state index contributed by atoms with van der Waals surface area (Å²) in [6.45, 7) is -0.0487. The molecule has 0 atom stereocenters. The Kier molecular flexibility index (Phi) is 4.92. The summed E-state index contributed by atoms with van der Waals surface area (Å²) >= 11 is 0. The first kappa shape index (κ1) is 16.8. The monoisotopic (exact) mass is 337 g/mol. The van der Waals surface area contributed by atoms with E-state index in [0.717, 1.165) is 22.3 Å². The number of aromatic amines is 1. The zero-order valence-electron chi connectivity index (χ0n) is 12.3. The van der Waals surface area contributed by atoms with Crippen LogP contribution in [0.5, 0.6) is 0 Å². The van der Waals surface area contributed by atoms with Crippen molar-refractivity contribution in [3.8, 4) is 0 Å². The molecule has 0 aliphatic rings. The molecule has 1 aromatic heterocycles. The average molecular weight is 337 g/mol. The number of nitrogens with one attached hydrogen (secondary N) is 1. The lowest BCUT2D eigenvalue weighted by atomic mass is 10.2. The number of benzene rings is 1. The highest BCUT2D eigenvalue weighted by Crippen LogP contribution is 2.11. The first-order valence-corrected chi connectivity index (χ1v) is 8.43. The number of aromatic nitrogens is 2. The SMILES string of the molecule is CS(=O)(=O)N(Cc1ccccc1)Cc1ncc(C(=O)O)c(=O)[nH]1. The minimum atomic E-state index is -3.55. The molecule has 2 aromatic rings. The molecule has 0 spiro atoms. The van der Waals surface area contributed by atoms with Gasteiger partial charge in [-0.3, -0.25) is 4.79 Å². The van der Waals surface area contributed by atoms with Crippen molar-refractivity contribution in [3.63, 3.8) is 0 Å². The maximum absolute atomic E-state index is 11.9. The summed E-state index contributed by atoms with van der Waals surface area (Å²) in [7, 11) is -3.55. The second kappa shape index (κ2) is 6.71. The number of rotatable bonds is 6. The topological polar surface area (TPSA) is 120 Å². The van der Waals surface area contributed by atoms with Gasteiger partial charge in [-0.05, 0) is 5.56 Å². The molecule has 122 valence electrons. The molecule has 23 heavy (non-hydrogen) atoms. The number of aromatic carboxylic acids is 1. The third kappa shape index (κ3) is 4.47. The lowest BCUT2D eigenvalue weighted by molar-refractivity contribution is 0.0694. The fourth-order valence-corrected chi connectivity index (χ4v) is 2.65. The Morgan fingerprint density at radius 3 is 2.43 bits per heavy atom. The van der Waals surface area contributed by atoms with Crippen LogP contribution in [0.2, 0.25) is 0 Å². The second-order valence-electron chi connectivity index (χ2n) is 4.89. The van der Waals surface area contributed by atoms with E-state index in [4.69, 9.17) is 5.11 Å². The zero-order chi connectivity index (χ0) is 17.0. The first-order valence-electron chi connectivity index (χ1n) is 6.58. The zero-order valence-corrected chi connectivity index (χ0v) is 13.1. The Morgan fingerprint density at radius 2 is 1.91 bits per heavy atom. The van der Waals surface area contributed by atoms with Gasteiger partial charge in [0, 0.05) is 12.7 Å². The Labute approximate surface area is 132 Å². The Bertz CT molecular complexity index is 861. The summed E-state index contributed by atoms with van der Waals surface area (Å²) in [5.41, 5.74) is -0.541. The van der Waals surface area contributed by atoms with Gasteiger partial charge in [0.2, 0.25) is 10.0 Å². The third-order valence-corrected chi connectivity index (χ3v) is 4.28. The van der Waals surface area contributed by atoms with E-state index in [1.54, 1.807) is 24.3 Å². The van der Waals surface area contributed by atoms with E-state index in [9.17, 15) is 18.0 Å². The number of sulfonamides is 1. The van der Waals surface area contributed by atoms with Crippen molar-refractivity contribution in [2.45, 2.75) is 13.1 Å². The summed E-state index contributed by atoms with van der Waals surface area (Å²) in [6.07, 6.45) is 1.97. The summed E-state index contributed by atoms with van der Waals surface area (Å²) < 4.78 is 25.0. The van der Waals surface area contributed by atoms with Crippen molar-refractivity contribution >= 4 is 16.0 Å². The molecule has 0 unspecified atom stereocenters. The van der Waals surface area contributed by atoms with Crippen LogP contribution in [-0.2, 0) is 23.1 Å². The van der Waals surface area contributed by atoms with Crippen molar-refractivity contribution in [2.75, 3.05) is 6.26 Å². The number of carboxylic acids is 1. The van der Waals surface area contributed by atoms with Crippen LogP contribution in [0.25, 0.3) is 0 Å². The molecule has 0 fully saturated rings. The van der Waals surface area contributed by atoms with E-state index in [2.05, 4.69) is 9.97 Å². The van der Waals surface area contributed by atoms with Gasteiger partial charge in [0.1, 0.15) is 11.4 Å². The minimum absolute atomic E-state index is 0.0707. The van der Waals surface area contributed by atoms with E-state index in [-0.39, 0.29) is 18.9 Å². The number of carboxylic acid groups (broad SMARTS) is 1. The Balaban J connectivity index is 2.27. The van der Waals surface area contributed by atoms with Crippen molar-refractivity contribution < 1.29 is 18.3 Å². The van der Waals surface area contributed by atoms with Crippen LogP contribution in [0, 0.1) is 0 Å². The van der Waals surface area contributed by atoms with E-state index in [1.165, 1.54) is 0 Å². The van der Waals surface area contributed by atoms with Gasteiger partial charge in [-0.15, -0.1) is 0 Å². The molecule has 0 bridgehead atoms. The molecule has 8 nitrogen and oxygen atoms in total. The van der Waals surface area contributed by atoms with E-state index >= 15 is 0 Å². The molecule has 1 aromatic carbocycles. The first-order chi connectivity index (χ1) is 10.8. The quantitative estimate of drug-likeness (QED) is 0.788. The van der Waals surface area contributed by atoms with Gasteiger partial charge in [-0.2, -0.15) is 4.31 Å². The average Bonchev–Trinajstić information content (AvgIpc) is 2.46. The van der Waals surface area contributed by atoms with Crippen molar-refractivity contribution in [1.82, 2.24) is 14.3 Å². The molecule has 0 aliphatic carbocycles. The number of hydrogen-bond donors (Lipinski definition) is 2. The highest BCUT2D eigenvalue weighted by atomic mass is 32.2. The van der Waals surface area contributed by atoms with Crippen LogP contribution in [-0.4, -0.2) is 40.0 Å². The molecular weight excluding hydrogens is 322 g/mol. The van der Waals surface area contributed by atoms with E-state index < -0.39 is 27.1 Å². The van der Waals surface area contributed by atoms with Gasteiger partial charge in [0.15, 0.2) is 0 Å². The second-order valence-corrected chi connectivity index (χ2v) is 6.88. The van der Waals surface area contributed by atoms with Gasteiger partial charge in [-0.1, -0.05) is 30.3 Å². The van der Waals surface area contributed by atoms with Crippen molar-refractivity contribution in [1.29, 1.82) is 0 Å². The lowest BCUT2D eigenvalue weighted by Gasteiger charge is -2.19. The van der Waals surface area contributed by atoms with Crippen LogP contribution in [0.3, 0.4) is 0 Å². The molecule has 0 amide bonds. The molecule has 0 saturated carbocycles. The Hall–Kier alpha value is -2.52. The van der Waals surface area contributed by atoms with Gasteiger partial charge in [0.05, 0.1) is 12.8 Å². The molecule has 2 rings (SSSR count). The summed E-state index contributed by atoms with van der Waals surface area (Å²) in [6, 6.07) is 8.96. The largest absolute Gasteiger partial charge is 0.477 e. The summed E-state index contributed by atoms with van der Waals surface area (Å²) in [5.74, 6) is -1.32. The van der Waals surface area contributed by atoms with E-state index in [0.29, 0.717) is 0 Å². The van der Waals surface area contributed by atoms with Crippen LogP contribution in [0.4, 0.5) is 0 Å². The fourth-order valence-electron chi connectivity index (χ4n) is 1.91. The van der Waals surface area contributed by atoms with Gasteiger partial charge in [-0.25, -0.2) is 18.2 Å². The van der Waals surface area contributed by atoms with E-state index in [1.807, 2.05) is 6.07 Å². The standard InChI is InChI=1S/C14H15N3O5S/c1-23(21,22)17(8-10-5-3-2-4-6-10)9-12-15-7-11(14(19)20)13(18)16-12/h2-7H,8-9H2,1H3,(H,19,20)(H,15,16,18). The molecule has 0 aliphatic heterocycles. The number of carbonyl (C=O) groups is 1. The normalized spacial score (nSPS) is 11.6. The van der Waals surface area contributed by atoms with Crippen LogP contribution in [0.1, 0.15) is 21.7 Å². The van der Waals surface area contributed by atoms with Crippen LogP contribution < -0.4 is 5.56 Å². The molecule has 2 N–H and O–H groups in total. The van der Waals surface area contributed by atoms with Gasteiger partial charge < -0.3 is 10.1 Å². The lowest BCUT2D eigenvalue weighted by Crippen LogP contribution is -2.31. The highest BCUT2D eigenvalue weighted by molar-refractivity contribution is 7.88. The third-order valence-electron chi connectivity index (χ3n) is 3.08. The molecule has 1 heterocycles. The predicted molar refractivity (Wildman–Crippen MR) is 82.3 cm³/mol. The molecular formula is C14H15N3O5S. The summed E-state index contributed by atoms with van der Waals surface area (Å²) in [4.78, 5) is 28.5. The highest BCUT2D eigenvalue weighted by Gasteiger charge is 2.19.